The molecule has 0 spiro atoms. The Hall–Kier alpha value is -1.69. The standard InChI is InChI=1S/C12H17F2N3O/c1-2-11(12(15)17-18)16-4-3-8-5-9(13)7-10(14)6-8/h5-7,11,16,18H,2-4H2,1H3,(H2,15,17). The van der Waals surface area contributed by atoms with Gasteiger partial charge in [0.05, 0.1) is 6.04 Å². The van der Waals surface area contributed by atoms with Crippen LogP contribution in [0.3, 0.4) is 0 Å². The van der Waals surface area contributed by atoms with Gasteiger partial charge in [-0.25, -0.2) is 8.78 Å². The first-order chi connectivity index (χ1) is 8.56. The Labute approximate surface area is 104 Å². The van der Waals surface area contributed by atoms with Gasteiger partial charge in [0.2, 0.25) is 0 Å². The molecule has 1 aromatic rings. The Morgan fingerprint density at radius 3 is 2.50 bits per heavy atom. The van der Waals surface area contributed by atoms with E-state index in [1.54, 1.807) is 0 Å². The average Bonchev–Trinajstić information content (AvgIpc) is 2.32. The van der Waals surface area contributed by atoms with Gasteiger partial charge in [0.15, 0.2) is 5.84 Å². The highest BCUT2D eigenvalue weighted by Crippen LogP contribution is 2.08. The summed E-state index contributed by atoms with van der Waals surface area (Å²) in [7, 11) is 0. The maximum atomic E-state index is 12.9. The van der Waals surface area contributed by atoms with E-state index in [1.165, 1.54) is 12.1 Å². The normalized spacial score (nSPS) is 13.6. The van der Waals surface area contributed by atoms with E-state index in [0.717, 1.165) is 6.07 Å². The van der Waals surface area contributed by atoms with Crippen LogP contribution in [0.4, 0.5) is 8.78 Å². The molecule has 4 N–H and O–H groups in total. The van der Waals surface area contributed by atoms with E-state index in [-0.39, 0.29) is 11.9 Å². The molecule has 6 heteroatoms. The molecule has 100 valence electrons. The molecule has 1 aromatic carbocycles. The van der Waals surface area contributed by atoms with Crippen molar-refractivity contribution in [2.24, 2.45) is 10.9 Å². The quantitative estimate of drug-likeness (QED) is 0.314. The van der Waals surface area contributed by atoms with E-state index < -0.39 is 11.6 Å². The Balaban J connectivity index is 2.50. The van der Waals surface area contributed by atoms with E-state index in [0.29, 0.717) is 24.9 Å². The van der Waals surface area contributed by atoms with Crippen molar-refractivity contribution in [2.75, 3.05) is 6.54 Å². The van der Waals surface area contributed by atoms with Crippen molar-refractivity contribution < 1.29 is 14.0 Å². The minimum absolute atomic E-state index is 0.0999. The summed E-state index contributed by atoms with van der Waals surface area (Å²) < 4.78 is 25.9. The predicted octanol–water partition coefficient (Wildman–Crippen LogP) is 1.62. The fourth-order valence-electron chi connectivity index (χ4n) is 1.67. The number of rotatable bonds is 6. The van der Waals surface area contributed by atoms with Gasteiger partial charge in [0.1, 0.15) is 11.6 Å². The Morgan fingerprint density at radius 1 is 1.39 bits per heavy atom. The summed E-state index contributed by atoms with van der Waals surface area (Å²) in [6.45, 7) is 2.37. The van der Waals surface area contributed by atoms with Crippen LogP contribution in [-0.4, -0.2) is 23.6 Å². The largest absolute Gasteiger partial charge is 0.409 e. The maximum absolute atomic E-state index is 12.9. The van der Waals surface area contributed by atoms with Crippen LogP contribution in [0, 0.1) is 11.6 Å². The van der Waals surface area contributed by atoms with Crippen molar-refractivity contribution in [3.8, 4) is 0 Å². The number of benzene rings is 1. The first-order valence-electron chi connectivity index (χ1n) is 5.72. The summed E-state index contributed by atoms with van der Waals surface area (Å²) in [5.41, 5.74) is 6.04. The van der Waals surface area contributed by atoms with Crippen molar-refractivity contribution in [3.05, 3.63) is 35.4 Å². The van der Waals surface area contributed by atoms with Crippen molar-refractivity contribution in [3.63, 3.8) is 0 Å². The number of halogens is 2. The molecule has 1 unspecified atom stereocenters. The average molecular weight is 257 g/mol. The molecule has 0 aromatic heterocycles. The lowest BCUT2D eigenvalue weighted by atomic mass is 10.1. The molecule has 0 saturated carbocycles. The van der Waals surface area contributed by atoms with Crippen molar-refractivity contribution in [1.82, 2.24) is 5.32 Å². The van der Waals surface area contributed by atoms with Gasteiger partial charge in [-0.15, -0.1) is 0 Å². The zero-order valence-corrected chi connectivity index (χ0v) is 10.2. The van der Waals surface area contributed by atoms with Crippen LogP contribution in [0.1, 0.15) is 18.9 Å². The van der Waals surface area contributed by atoms with Crippen molar-refractivity contribution >= 4 is 5.84 Å². The summed E-state index contributed by atoms with van der Waals surface area (Å²) in [5, 5.41) is 14.5. The Bertz CT molecular complexity index is 404. The van der Waals surface area contributed by atoms with E-state index >= 15 is 0 Å². The monoisotopic (exact) mass is 257 g/mol. The second kappa shape index (κ2) is 6.90. The molecular formula is C12H17F2N3O. The summed E-state index contributed by atoms with van der Waals surface area (Å²) in [4.78, 5) is 0. The SMILES string of the molecule is CCC(NCCc1cc(F)cc(F)c1)C(N)=NO. The summed E-state index contributed by atoms with van der Waals surface area (Å²) >= 11 is 0. The number of amidine groups is 1. The second-order valence-electron chi connectivity index (χ2n) is 3.97. The fourth-order valence-corrected chi connectivity index (χ4v) is 1.67. The lowest BCUT2D eigenvalue weighted by Gasteiger charge is -2.15. The minimum Gasteiger partial charge on any atom is -0.409 e. The van der Waals surface area contributed by atoms with Crippen LogP contribution in [0.2, 0.25) is 0 Å². The van der Waals surface area contributed by atoms with Gasteiger partial charge in [-0.2, -0.15) is 0 Å². The first-order valence-corrected chi connectivity index (χ1v) is 5.72. The van der Waals surface area contributed by atoms with Crippen LogP contribution in [0.5, 0.6) is 0 Å². The van der Waals surface area contributed by atoms with Crippen LogP contribution in [0.15, 0.2) is 23.4 Å². The smallest absolute Gasteiger partial charge is 0.156 e. The van der Waals surface area contributed by atoms with E-state index in [1.807, 2.05) is 6.92 Å². The van der Waals surface area contributed by atoms with Gasteiger partial charge in [-0.1, -0.05) is 12.1 Å². The molecule has 0 aliphatic rings. The lowest BCUT2D eigenvalue weighted by Crippen LogP contribution is -2.41. The summed E-state index contributed by atoms with van der Waals surface area (Å²) in [5.74, 6) is -1.08. The van der Waals surface area contributed by atoms with Gasteiger partial charge < -0.3 is 16.3 Å². The highest BCUT2D eigenvalue weighted by molar-refractivity contribution is 5.85. The second-order valence-corrected chi connectivity index (χ2v) is 3.97. The molecule has 1 atom stereocenters. The molecule has 0 aliphatic heterocycles. The van der Waals surface area contributed by atoms with Crippen molar-refractivity contribution in [1.29, 1.82) is 0 Å². The minimum atomic E-state index is -0.589. The molecule has 0 saturated heterocycles. The van der Waals surface area contributed by atoms with Crippen LogP contribution < -0.4 is 11.1 Å². The molecule has 0 amide bonds. The first kappa shape index (κ1) is 14.4. The summed E-state index contributed by atoms with van der Waals surface area (Å²) in [6, 6.07) is 3.17. The van der Waals surface area contributed by atoms with E-state index in [2.05, 4.69) is 10.5 Å². The molecule has 4 nitrogen and oxygen atoms in total. The molecular weight excluding hydrogens is 240 g/mol. The molecule has 18 heavy (non-hydrogen) atoms. The van der Waals surface area contributed by atoms with Gasteiger partial charge in [-0.05, 0) is 37.1 Å². The fraction of sp³-hybridized carbons (Fsp3) is 0.417. The van der Waals surface area contributed by atoms with Gasteiger partial charge in [0.25, 0.3) is 0 Å². The third-order valence-electron chi connectivity index (χ3n) is 2.61. The van der Waals surface area contributed by atoms with Crippen LogP contribution in [-0.2, 0) is 6.42 Å². The Morgan fingerprint density at radius 2 is 2.00 bits per heavy atom. The van der Waals surface area contributed by atoms with Crippen LogP contribution >= 0.6 is 0 Å². The van der Waals surface area contributed by atoms with Gasteiger partial charge in [0, 0.05) is 6.07 Å². The van der Waals surface area contributed by atoms with Gasteiger partial charge in [-0.3, -0.25) is 0 Å². The zero-order chi connectivity index (χ0) is 13.5. The summed E-state index contributed by atoms with van der Waals surface area (Å²) in [6.07, 6.45) is 1.12. The number of nitrogens with one attached hydrogen (secondary N) is 1. The van der Waals surface area contributed by atoms with E-state index in [9.17, 15) is 8.78 Å². The topological polar surface area (TPSA) is 70.6 Å². The highest BCUT2D eigenvalue weighted by atomic mass is 19.1. The molecule has 0 heterocycles. The number of hydrogen-bond acceptors (Lipinski definition) is 3. The number of oxime groups is 1. The third-order valence-corrected chi connectivity index (χ3v) is 2.61. The van der Waals surface area contributed by atoms with Crippen LogP contribution in [0.25, 0.3) is 0 Å². The predicted molar refractivity (Wildman–Crippen MR) is 65.6 cm³/mol. The molecule has 1 rings (SSSR count). The molecule has 0 bridgehead atoms. The number of nitrogens with two attached hydrogens (primary N) is 1. The Kier molecular flexibility index (Phi) is 5.51. The molecule has 0 fully saturated rings. The van der Waals surface area contributed by atoms with E-state index in [4.69, 9.17) is 10.9 Å². The third kappa shape index (κ3) is 4.29. The molecule has 0 aliphatic carbocycles. The number of nitrogens with zero attached hydrogens (tertiary/aromatic N) is 1. The van der Waals surface area contributed by atoms with Gasteiger partial charge >= 0.3 is 0 Å². The zero-order valence-electron chi connectivity index (χ0n) is 10.2. The lowest BCUT2D eigenvalue weighted by molar-refractivity contribution is 0.314. The van der Waals surface area contributed by atoms with Crippen molar-refractivity contribution in [2.45, 2.75) is 25.8 Å². The molecule has 0 radical (unpaired) electrons. The number of hydrogen-bond donors (Lipinski definition) is 3. The highest BCUT2D eigenvalue weighted by Gasteiger charge is 2.10. The maximum Gasteiger partial charge on any atom is 0.156 e.